The molecule has 0 unspecified atom stereocenters. The highest BCUT2D eigenvalue weighted by Crippen LogP contribution is 2.41. The van der Waals surface area contributed by atoms with E-state index in [2.05, 4.69) is 126 Å². The van der Waals surface area contributed by atoms with E-state index in [4.69, 9.17) is 18.9 Å². The summed E-state index contributed by atoms with van der Waals surface area (Å²) in [6.45, 7) is 7.82. The number of benzene rings is 7. The SMILES string of the molecule is COc1cc(CNCCn2cc(CNCCCCCCC#Cc3ccc4c5cccc6c(C#CCCCCCCNCc7cn(CCNCc8cc(OC)cc(OC)c8)nn7)ccc(c7cccc3c74)c65)nn2)cc(OC)c1. The van der Waals surface area contributed by atoms with Crippen LogP contribution in [0.25, 0.3) is 43.1 Å². The van der Waals surface area contributed by atoms with E-state index in [1.54, 1.807) is 28.4 Å². The van der Waals surface area contributed by atoms with Crippen molar-refractivity contribution in [2.24, 2.45) is 0 Å². The van der Waals surface area contributed by atoms with Crippen molar-refractivity contribution in [3.63, 3.8) is 0 Å². The van der Waals surface area contributed by atoms with Crippen LogP contribution < -0.4 is 40.2 Å². The number of methoxy groups -OCH3 is 4. The van der Waals surface area contributed by atoms with E-state index in [9.17, 15) is 0 Å². The number of unbranched alkanes of at least 4 members (excludes halogenated alkanes) is 8. The number of nitrogens with zero attached hydrogens (tertiary/aromatic N) is 6. The molecular formula is C64H74N10O4. The van der Waals surface area contributed by atoms with E-state index in [1.807, 2.05) is 58.2 Å². The van der Waals surface area contributed by atoms with Crippen LogP contribution in [0.5, 0.6) is 23.0 Å². The van der Waals surface area contributed by atoms with Crippen LogP contribution in [0, 0.1) is 23.7 Å². The van der Waals surface area contributed by atoms with E-state index in [0.717, 1.165) is 160 Å². The summed E-state index contributed by atoms with van der Waals surface area (Å²) < 4.78 is 25.3. The highest BCUT2D eigenvalue weighted by atomic mass is 16.5. The number of rotatable bonds is 30. The van der Waals surface area contributed by atoms with Crippen LogP contribution in [0.1, 0.15) is 97.8 Å². The van der Waals surface area contributed by atoms with E-state index in [1.165, 1.54) is 55.9 Å². The largest absolute Gasteiger partial charge is 0.497 e. The normalized spacial score (nSPS) is 11.3. The van der Waals surface area contributed by atoms with Gasteiger partial charge < -0.3 is 40.2 Å². The van der Waals surface area contributed by atoms with Gasteiger partial charge in [-0.05, 0) is 129 Å². The molecule has 0 spiro atoms. The second-order valence-corrected chi connectivity index (χ2v) is 19.8. The Hall–Kier alpha value is -7.72. The molecule has 0 aliphatic carbocycles. The minimum atomic E-state index is 0.715. The molecule has 4 N–H and O–H groups in total. The quantitative estimate of drug-likeness (QED) is 0.0147. The molecule has 0 aliphatic rings. The van der Waals surface area contributed by atoms with Crippen LogP contribution in [0.2, 0.25) is 0 Å². The molecular weight excluding hydrogens is 973 g/mol. The number of nitrogens with one attached hydrogen (secondary N) is 4. The van der Waals surface area contributed by atoms with Crippen molar-refractivity contribution < 1.29 is 18.9 Å². The van der Waals surface area contributed by atoms with E-state index < -0.39 is 0 Å². The number of hydrogen-bond donors (Lipinski definition) is 4. The minimum Gasteiger partial charge on any atom is -0.497 e. The van der Waals surface area contributed by atoms with Crippen molar-refractivity contribution in [2.45, 2.75) is 103 Å². The summed E-state index contributed by atoms with van der Waals surface area (Å²) in [4.78, 5) is 0. The molecule has 14 nitrogen and oxygen atoms in total. The van der Waals surface area contributed by atoms with E-state index in [-0.39, 0.29) is 0 Å². The van der Waals surface area contributed by atoms with Crippen LogP contribution in [0.15, 0.2) is 109 Å². The lowest BCUT2D eigenvalue weighted by Crippen LogP contribution is -2.20. The first kappa shape index (κ1) is 55.0. The van der Waals surface area contributed by atoms with Gasteiger partial charge in [-0.15, -0.1) is 10.2 Å². The second kappa shape index (κ2) is 28.6. The molecule has 0 fully saturated rings. The molecule has 404 valence electrons. The molecule has 9 rings (SSSR count). The third-order valence-corrected chi connectivity index (χ3v) is 14.2. The first-order valence-corrected chi connectivity index (χ1v) is 27.6. The van der Waals surface area contributed by atoms with Crippen LogP contribution in [-0.2, 0) is 39.3 Å². The summed E-state index contributed by atoms with van der Waals surface area (Å²) in [6, 6.07) is 34.2. The van der Waals surface area contributed by atoms with Gasteiger partial charge in [-0.3, -0.25) is 9.36 Å². The number of fused-ring (bicyclic) bond motifs is 2. The van der Waals surface area contributed by atoms with Gasteiger partial charge in [0.15, 0.2) is 0 Å². The van der Waals surface area contributed by atoms with Gasteiger partial charge in [0.2, 0.25) is 0 Å². The highest BCUT2D eigenvalue weighted by Gasteiger charge is 2.16. The molecule has 2 aromatic heterocycles. The van der Waals surface area contributed by atoms with Gasteiger partial charge in [-0.1, -0.05) is 108 Å². The second-order valence-electron chi connectivity index (χ2n) is 19.8. The predicted molar refractivity (Wildman–Crippen MR) is 314 cm³/mol. The Morgan fingerprint density at radius 3 is 1.22 bits per heavy atom. The molecule has 9 aromatic rings. The molecule has 0 amide bonds. The molecule has 2 heterocycles. The van der Waals surface area contributed by atoms with E-state index in [0.29, 0.717) is 13.1 Å². The Labute approximate surface area is 459 Å². The molecule has 0 saturated carbocycles. The lowest BCUT2D eigenvalue weighted by Gasteiger charge is -2.15. The Kier molecular flexibility index (Phi) is 20.2. The maximum absolute atomic E-state index is 5.38. The molecule has 14 heteroatoms. The van der Waals surface area contributed by atoms with Crippen LogP contribution in [0.3, 0.4) is 0 Å². The first-order valence-electron chi connectivity index (χ1n) is 27.6. The van der Waals surface area contributed by atoms with Gasteiger partial charge in [0.1, 0.15) is 23.0 Å². The molecule has 0 radical (unpaired) electrons. The average molecular weight is 1050 g/mol. The standard InChI is InChI=1S/C64H74N10O4/c1-75-53-35-47(36-54(39-53)76-2)41-67-31-33-73-45-51(69-71-73)43-65-29-15-11-7-5-9-13-19-49-25-27-61-60-24-18-22-58-50(26-28-62(64(58)60)59-23-17-21-57(49)63(59)61)20-14-10-6-8-12-16-30-66-44-52-46-74(72-70-52)34-32-68-42-48-37-55(77-3)40-56(38-48)78-4/h17-18,21-28,35-40,45-46,65-68H,5-12,15-16,29-34,41-44H2,1-4H3. The number of hydrogen-bond acceptors (Lipinski definition) is 12. The summed E-state index contributed by atoms with van der Waals surface area (Å²) in [6.07, 6.45) is 14.9. The van der Waals surface area contributed by atoms with Gasteiger partial charge in [-0.25, -0.2) is 0 Å². The molecule has 0 saturated heterocycles. The molecule has 0 bridgehead atoms. The predicted octanol–water partition coefficient (Wildman–Crippen LogP) is 10.7. The smallest absolute Gasteiger partial charge is 0.122 e. The average Bonchev–Trinajstić information content (AvgIpc) is 4.15. The van der Waals surface area contributed by atoms with Gasteiger partial charge in [0.25, 0.3) is 0 Å². The van der Waals surface area contributed by atoms with Gasteiger partial charge in [-0.2, -0.15) is 0 Å². The summed E-state index contributed by atoms with van der Waals surface area (Å²) in [5.74, 6) is 17.3. The highest BCUT2D eigenvalue weighted by molar-refractivity contribution is 6.33. The van der Waals surface area contributed by atoms with Crippen LogP contribution >= 0.6 is 0 Å². The van der Waals surface area contributed by atoms with Gasteiger partial charge >= 0.3 is 0 Å². The number of ether oxygens (including phenoxy) is 4. The molecule has 0 aliphatic heterocycles. The van der Waals surface area contributed by atoms with E-state index >= 15 is 0 Å². The zero-order valence-corrected chi connectivity index (χ0v) is 45.9. The Balaban J connectivity index is 0.662. The fourth-order valence-electron chi connectivity index (χ4n) is 10.2. The fraction of sp³-hybridized carbons (Fsp3) is 0.375. The third kappa shape index (κ3) is 14.8. The lowest BCUT2D eigenvalue weighted by atomic mass is 9.87. The Morgan fingerprint density at radius 1 is 0.410 bits per heavy atom. The molecule has 0 atom stereocenters. The van der Waals surface area contributed by atoms with Crippen molar-refractivity contribution in [3.05, 3.63) is 143 Å². The zero-order valence-electron chi connectivity index (χ0n) is 45.9. The lowest BCUT2D eigenvalue weighted by molar-refractivity contribution is 0.392. The van der Waals surface area contributed by atoms with Crippen molar-refractivity contribution >= 4 is 43.1 Å². The van der Waals surface area contributed by atoms with Crippen molar-refractivity contribution in [2.75, 3.05) is 54.6 Å². The van der Waals surface area contributed by atoms with Crippen LogP contribution in [0.4, 0.5) is 0 Å². The maximum atomic E-state index is 5.38. The summed E-state index contributed by atoms with van der Waals surface area (Å²) >= 11 is 0. The summed E-state index contributed by atoms with van der Waals surface area (Å²) in [5, 5.41) is 41.5. The molecule has 7 aromatic carbocycles. The first-order chi connectivity index (χ1) is 38.5. The maximum Gasteiger partial charge on any atom is 0.122 e. The van der Waals surface area contributed by atoms with Gasteiger partial charge in [0, 0.05) is 87.8 Å². The zero-order chi connectivity index (χ0) is 53.7. The fourth-order valence-corrected chi connectivity index (χ4v) is 10.2. The summed E-state index contributed by atoms with van der Waals surface area (Å²) in [7, 11) is 6.66. The third-order valence-electron chi connectivity index (χ3n) is 14.2. The topological polar surface area (TPSA) is 146 Å². The van der Waals surface area contributed by atoms with Crippen LogP contribution in [-0.4, -0.2) is 84.6 Å². The Morgan fingerprint density at radius 2 is 0.795 bits per heavy atom. The number of aromatic nitrogens is 6. The van der Waals surface area contributed by atoms with Crippen molar-refractivity contribution in [1.82, 2.24) is 51.3 Å². The monoisotopic (exact) mass is 1050 g/mol. The summed E-state index contributed by atoms with van der Waals surface area (Å²) in [5.41, 5.74) is 6.32. The van der Waals surface area contributed by atoms with Crippen molar-refractivity contribution in [1.29, 1.82) is 0 Å². The van der Waals surface area contributed by atoms with Crippen molar-refractivity contribution in [3.8, 4) is 46.7 Å². The van der Waals surface area contributed by atoms with Gasteiger partial charge in [0.05, 0.1) is 52.9 Å². The minimum absolute atomic E-state index is 0.715. The Bertz CT molecular complexity index is 3200. The molecule has 78 heavy (non-hydrogen) atoms.